The lowest BCUT2D eigenvalue weighted by molar-refractivity contribution is -0.124. The number of rotatable bonds is 2. The van der Waals surface area contributed by atoms with Gasteiger partial charge in [-0.1, -0.05) is 34.1 Å². The van der Waals surface area contributed by atoms with Crippen LogP contribution in [0, 0.1) is 5.82 Å². The van der Waals surface area contributed by atoms with E-state index in [9.17, 15) is 14.0 Å². The molecule has 1 aliphatic rings. The number of hydrogen-bond donors (Lipinski definition) is 0. The normalized spacial score (nSPS) is 18.0. The van der Waals surface area contributed by atoms with E-state index >= 15 is 0 Å². The Morgan fingerprint density at radius 1 is 1.17 bits per heavy atom. The van der Waals surface area contributed by atoms with E-state index in [4.69, 9.17) is 0 Å². The fraction of sp³-hybridized carbons (Fsp3) is 0.222. The maximum atomic E-state index is 14.0. The number of para-hydroxylation sites is 1. The van der Waals surface area contributed by atoms with Crippen molar-refractivity contribution in [2.75, 3.05) is 18.0 Å². The van der Waals surface area contributed by atoms with E-state index < -0.39 is 11.9 Å². The topological polar surface area (TPSA) is 40.6 Å². The van der Waals surface area contributed by atoms with Crippen LogP contribution in [0.15, 0.2) is 53.0 Å². The summed E-state index contributed by atoms with van der Waals surface area (Å²) >= 11 is 3.34. The van der Waals surface area contributed by atoms with Gasteiger partial charge in [0.2, 0.25) is 5.91 Å². The molecule has 0 saturated carbocycles. The smallest absolute Gasteiger partial charge is 0.254 e. The summed E-state index contributed by atoms with van der Waals surface area (Å²) < 4.78 is 14.8. The first-order valence-corrected chi connectivity index (χ1v) is 8.41. The summed E-state index contributed by atoms with van der Waals surface area (Å²) in [5.74, 6) is -0.926. The third-order valence-electron chi connectivity index (χ3n) is 4.13. The molecule has 2 amide bonds. The first-order chi connectivity index (χ1) is 11.5. The summed E-state index contributed by atoms with van der Waals surface area (Å²) in [4.78, 5) is 28.3. The second-order valence-corrected chi connectivity index (χ2v) is 6.54. The molecule has 1 saturated heterocycles. The van der Waals surface area contributed by atoms with Gasteiger partial charge in [-0.3, -0.25) is 9.59 Å². The van der Waals surface area contributed by atoms with Gasteiger partial charge in [-0.25, -0.2) is 4.39 Å². The predicted molar refractivity (Wildman–Crippen MR) is 93.4 cm³/mol. The van der Waals surface area contributed by atoms with Crippen molar-refractivity contribution < 1.29 is 14.0 Å². The summed E-state index contributed by atoms with van der Waals surface area (Å²) in [5, 5.41) is 0. The van der Waals surface area contributed by atoms with E-state index in [0.29, 0.717) is 12.1 Å². The lowest BCUT2D eigenvalue weighted by Crippen LogP contribution is -2.58. The molecule has 0 N–H and O–H groups in total. The molecule has 0 unspecified atom stereocenters. The molecule has 0 aliphatic carbocycles. The molecule has 0 aromatic heterocycles. The Morgan fingerprint density at radius 2 is 1.92 bits per heavy atom. The number of anilines is 1. The predicted octanol–water partition coefficient (Wildman–Crippen LogP) is 3.47. The van der Waals surface area contributed by atoms with E-state index in [1.54, 1.807) is 43.3 Å². The molecule has 0 radical (unpaired) electrons. The van der Waals surface area contributed by atoms with Gasteiger partial charge in [-0.05, 0) is 37.3 Å². The number of halogens is 2. The van der Waals surface area contributed by atoms with Gasteiger partial charge < -0.3 is 9.80 Å². The number of amides is 2. The Morgan fingerprint density at radius 3 is 2.62 bits per heavy atom. The molecule has 2 aromatic carbocycles. The van der Waals surface area contributed by atoms with E-state index in [0.717, 1.165) is 4.47 Å². The molecule has 0 bridgehead atoms. The Balaban J connectivity index is 1.83. The van der Waals surface area contributed by atoms with Crippen molar-refractivity contribution >= 4 is 33.4 Å². The zero-order valence-corrected chi connectivity index (χ0v) is 14.7. The van der Waals surface area contributed by atoms with Crippen molar-refractivity contribution in [3.05, 3.63) is 64.4 Å². The molecule has 6 heteroatoms. The third kappa shape index (κ3) is 3.06. The van der Waals surface area contributed by atoms with Crippen LogP contribution in [0.5, 0.6) is 0 Å². The van der Waals surface area contributed by atoms with Crippen LogP contribution in [0.2, 0.25) is 0 Å². The van der Waals surface area contributed by atoms with Gasteiger partial charge in [0.15, 0.2) is 0 Å². The second kappa shape index (κ2) is 6.73. The summed E-state index contributed by atoms with van der Waals surface area (Å²) in [6.07, 6.45) is 0. The van der Waals surface area contributed by atoms with Crippen molar-refractivity contribution in [1.29, 1.82) is 0 Å². The van der Waals surface area contributed by atoms with Crippen molar-refractivity contribution in [3.8, 4) is 0 Å². The Bertz CT molecular complexity index is 796. The quantitative estimate of drug-likeness (QED) is 0.787. The van der Waals surface area contributed by atoms with Crippen LogP contribution in [0.1, 0.15) is 17.3 Å². The molecular weight excluding hydrogens is 375 g/mol. The lowest BCUT2D eigenvalue weighted by Gasteiger charge is -2.39. The molecule has 2 aromatic rings. The molecule has 1 heterocycles. The highest BCUT2D eigenvalue weighted by Gasteiger charge is 2.36. The minimum atomic E-state index is -0.648. The largest absolute Gasteiger partial charge is 0.325 e. The maximum absolute atomic E-state index is 14.0. The summed E-state index contributed by atoms with van der Waals surface area (Å²) in [6, 6.07) is 12.6. The first-order valence-electron chi connectivity index (χ1n) is 7.61. The van der Waals surface area contributed by atoms with Gasteiger partial charge in [0.05, 0.1) is 5.69 Å². The molecule has 4 nitrogen and oxygen atoms in total. The monoisotopic (exact) mass is 390 g/mol. The molecule has 24 heavy (non-hydrogen) atoms. The van der Waals surface area contributed by atoms with Crippen LogP contribution >= 0.6 is 15.9 Å². The lowest BCUT2D eigenvalue weighted by atomic mass is 10.1. The van der Waals surface area contributed by atoms with Crippen LogP contribution < -0.4 is 4.90 Å². The van der Waals surface area contributed by atoms with Gasteiger partial charge in [0, 0.05) is 23.1 Å². The van der Waals surface area contributed by atoms with Gasteiger partial charge in [0.25, 0.3) is 5.91 Å². The van der Waals surface area contributed by atoms with Crippen molar-refractivity contribution in [1.82, 2.24) is 4.90 Å². The average Bonchev–Trinajstić information content (AvgIpc) is 2.57. The highest BCUT2D eigenvalue weighted by atomic mass is 79.9. The van der Waals surface area contributed by atoms with Gasteiger partial charge in [0.1, 0.15) is 11.9 Å². The Hall–Kier alpha value is -2.21. The van der Waals surface area contributed by atoms with Crippen LogP contribution in [-0.2, 0) is 4.79 Å². The number of hydrogen-bond acceptors (Lipinski definition) is 2. The standard InChI is InChI=1S/C18H16BrFN2O2/c1-12-17(23)22(16-8-3-2-7-15(16)20)10-9-21(12)18(24)13-5-4-6-14(19)11-13/h2-8,11-12H,9-10H2,1H3/t12-/m1/s1. The summed E-state index contributed by atoms with van der Waals surface area (Å²) in [5.41, 5.74) is 0.771. The van der Waals surface area contributed by atoms with E-state index in [1.165, 1.54) is 15.9 Å². The second-order valence-electron chi connectivity index (χ2n) is 5.63. The number of benzene rings is 2. The minimum absolute atomic E-state index is 0.203. The van der Waals surface area contributed by atoms with E-state index in [2.05, 4.69) is 15.9 Å². The Kier molecular flexibility index (Phi) is 4.66. The first kappa shape index (κ1) is 16.6. The number of nitrogens with zero attached hydrogens (tertiary/aromatic N) is 2. The molecule has 124 valence electrons. The van der Waals surface area contributed by atoms with E-state index in [1.807, 2.05) is 6.07 Å². The van der Waals surface area contributed by atoms with Gasteiger partial charge >= 0.3 is 0 Å². The highest BCUT2D eigenvalue weighted by Crippen LogP contribution is 2.24. The van der Waals surface area contributed by atoms with Crippen LogP contribution in [-0.4, -0.2) is 35.8 Å². The Labute approximate surface area is 148 Å². The van der Waals surface area contributed by atoms with Crippen LogP contribution in [0.4, 0.5) is 10.1 Å². The molecule has 0 spiro atoms. The fourth-order valence-electron chi connectivity index (χ4n) is 2.84. The minimum Gasteiger partial charge on any atom is -0.325 e. The maximum Gasteiger partial charge on any atom is 0.254 e. The fourth-order valence-corrected chi connectivity index (χ4v) is 3.24. The molecule has 1 fully saturated rings. The molecular formula is C18H16BrFN2O2. The van der Waals surface area contributed by atoms with Gasteiger partial charge in [-0.15, -0.1) is 0 Å². The number of carbonyl (C=O) groups is 2. The summed E-state index contributed by atoms with van der Waals surface area (Å²) in [7, 11) is 0. The third-order valence-corrected chi connectivity index (χ3v) is 4.62. The van der Waals surface area contributed by atoms with Crippen molar-refractivity contribution in [2.24, 2.45) is 0 Å². The molecule has 1 aliphatic heterocycles. The number of piperazine rings is 1. The zero-order valence-electron chi connectivity index (χ0n) is 13.1. The zero-order chi connectivity index (χ0) is 17.3. The van der Waals surface area contributed by atoms with Crippen molar-refractivity contribution in [3.63, 3.8) is 0 Å². The van der Waals surface area contributed by atoms with Gasteiger partial charge in [-0.2, -0.15) is 0 Å². The molecule has 3 rings (SSSR count). The SMILES string of the molecule is C[C@@H]1C(=O)N(c2ccccc2F)CCN1C(=O)c1cccc(Br)c1. The average molecular weight is 391 g/mol. The summed E-state index contributed by atoms with van der Waals surface area (Å²) in [6.45, 7) is 2.29. The van der Waals surface area contributed by atoms with Crippen LogP contribution in [0.25, 0.3) is 0 Å². The number of carbonyl (C=O) groups excluding carboxylic acids is 2. The molecule has 1 atom stereocenters. The van der Waals surface area contributed by atoms with E-state index in [-0.39, 0.29) is 24.0 Å². The van der Waals surface area contributed by atoms with Crippen LogP contribution in [0.3, 0.4) is 0 Å². The highest BCUT2D eigenvalue weighted by molar-refractivity contribution is 9.10. The van der Waals surface area contributed by atoms with Crippen molar-refractivity contribution in [2.45, 2.75) is 13.0 Å².